The summed E-state index contributed by atoms with van der Waals surface area (Å²) >= 11 is 0. The molecule has 0 amide bonds. The van der Waals surface area contributed by atoms with Gasteiger partial charge in [-0.25, -0.2) is 4.39 Å². The molecule has 0 aromatic heterocycles. The third kappa shape index (κ3) is 2.37. The van der Waals surface area contributed by atoms with E-state index in [0.717, 1.165) is 0 Å². The van der Waals surface area contributed by atoms with Gasteiger partial charge in [0, 0.05) is 0 Å². The second-order valence-corrected chi connectivity index (χ2v) is 2.29. The molecule has 0 aromatic rings. The van der Waals surface area contributed by atoms with Gasteiger partial charge in [-0.15, -0.1) is 0 Å². The fourth-order valence-electron chi connectivity index (χ4n) is 0.565. The van der Waals surface area contributed by atoms with E-state index in [2.05, 4.69) is 0 Å². The third-order valence-electron chi connectivity index (χ3n) is 1.28. The van der Waals surface area contributed by atoms with E-state index >= 15 is 0 Å². The molecule has 0 radical (unpaired) electrons. The molecule has 0 aliphatic carbocycles. The van der Waals surface area contributed by atoms with Crippen molar-refractivity contribution in [3.8, 4) is 0 Å². The number of rotatable bonds is 2. The van der Waals surface area contributed by atoms with Crippen LogP contribution < -0.4 is 0 Å². The number of hydrogen-bond acceptors (Lipinski definition) is 1. The smallest absolute Gasteiger partial charge is 0.392 e. The van der Waals surface area contributed by atoms with E-state index in [0.29, 0.717) is 0 Å². The van der Waals surface area contributed by atoms with Gasteiger partial charge >= 0.3 is 18.0 Å². The maximum absolute atomic E-state index is 12.5. The van der Waals surface area contributed by atoms with Gasteiger partial charge in [-0.3, -0.25) is 0 Å². The van der Waals surface area contributed by atoms with E-state index in [4.69, 9.17) is 5.11 Å². The standard InChI is InChI=1S/C6H5F7O/c7-4(2-1-3-14,5(8,9)10)6(11,12)13/h1-2,14H,3H2. The fourth-order valence-corrected chi connectivity index (χ4v) is 0.565. The molecule has 14 heavy (non-hydrogen) atoms. The first-order chi connectivity index (χ1) is 6.06. The monoisotopic (exact) mass is 226 g/mol. The van der Waals surface area contributed by atoms with Crippen LogP contribution in [0.2, 0.25) is 0 Å². The predicted molar refractivity (Wildman–Crippen MR) is 32.2 cm³/mol. The molecule has 0 rings (SSSR count). The SMILES string of the molecule is OCC=CC(F)(C(F)(F)F)C(F)(F)F. The highest BCUT2D eigenvalue weighted by molar-refractivity contribution is 5.10. The summed E-state index contributed by atoms with van der Waals surface area (Å²) in [5, 5.41) is 7.97. The van der Waals surface area contributed by atoms with Gasteiger partial charge in [0.15, 0.2) is 0 Å². The molecule has 0 aliphatic rings. The Hall–Kier alpha value is -0.790. The summed E-state index contributed by atoms with van der Waals surface area (Å²) in [5.41, 5.74) is -5.41. The zero-order valence-corrected chi connectivity index (χ0v) is 6.45. The number of aliphatic hydroxyl groups excluding tert-OH is 1. The van der Waals surface area contributed by atoms with Crippen LogP contribution in [0, 0.1) is 0 Å². The summed E-state index contributed by atoms with van der Waals surface area (Å²) in [4.78, 5) is 0. The Labute approximate surface area is 73.8 Å². The lowest BCUT2D eigenvalue weighted by Crippen LogP contribution is -2.51. The Morgan fingerprint density at radius 1 is 0.857 bits per heavy atom. The van der Waals surface area contributed by atoms with Crippen LogP contribution in [-0.2, 0) is 0 Å². The molecular formula is C6H5F7O. The highest BCUT2D eigenvalue weighted by Gasteiger charge is 2.70. The molecular weight excluding hydrogens is 221 g/mol. The van der Waals surface area contributed by atoms with Crippen LogP contribution in [0.1, 0.15) is 0 Å². The number of hydrogen-bond donors (Lipinski definition) is 1. The Balaban J connectivity index is 5.18. The lowest BCUT2D eigenvalue weighted by atomic mass is 10.0. The fraction of sp³-hybridized carbons (Fsp3) is 0.667. The molecule has 0 spiro atoms. The number of allylic oxidation sites excluding steroid dienone is 1. The van der Waals surface area contributed by atoms with Crippen LogP contribution >= 0.6 is 0 Å². The van der Waals surface area contributed by atoms with E-state index < -0.39 is 30.7 Å². The molecule has 0 aromatic carbocycles. The third-order valence-corrected chi connectivity index (χ3v) is 1.28. The molecule has 0 aliphatic heterocycles. The van der Waals surface area contributed by atoms with Gasteiger partial charge < -0.3 is 5.11 Å². The van der Waals surface area contributed by atoms with E-state index in [1.807, 2.05) is 0 Å². The predicted octanol–water partition coefficient (Wildman–Crippen LogP) is 2.37. The number of alkyl halides is 7. The van der Waals surface area contributed by atoms with Crippen molar-refractivity contribution in [3.05, 3.63) is 12.2 Å². The van der Waals surface area contributed by atoms with Crippen LogP contribution in [0.15, 0.2) is 12.2 Å². The van der Waals surface area contributed by atoms with Gasteiger partial charge in [0.1, 0.15) is 0 Å². The highest BCUT2D eigenvalue weighted by Crippen LogP contribution is 2.46. The first-order valence-corrected chi connectivity index (χ1v) is 3.17. The maximum atomic E-state index is 12.5. The van der Waals surface area contributed by atoms with Crippen molar-refractivity contribution in [2.24, 2.45) is 0 Å². The summed E-state index contributed by atoms with van der Waals surface area (Å²) < 4.78 is 82.7. The van der Waals surface area contributed by atoms with Gasteiger partial charge in [0.25, 0.3) is 0 Å². The van der Waals surface area contributed by atoms with Gasteiger partial charge in [-0.2, -0.15) is 26.3 Å². The topological polar surface area (TPSA) is 20.2 Å². The van der Waals surface area contributed by atoms with E-state index in [9.17, 15) is 30.7 Å². The van der Waals surface area contributed by atoms with E-state index in [-0.39, 0.29) is 6.08 Å². The largest absolute Gasteiger partial charge is 0.435 e. The molecule has 0 fully saturated rings. The van der Waals surface area contributed by atoms with Gasteiger partial charge in [0.05, 0.1) is 6.61 Å². The average molecular weight is 226 g/mol. The van der Waals surface area contributed by atoms with Crippen molar-refractivity contribution in [1.82, 2.24) is 0 Å². The van der Waals surface area contributed by atoms with Crippen LogP contribution in [0.25, 0.3) is 0 Å². The minimum absolute atomic E-state index is 0.0426. The summed E-state index contributed by atoms with van der Waals surface area (Å²) in [6, 6.07) is 0. The molecule has 0 heterocycles. The first-order valence-electron chi connectivity index (χ1n) is 3.17. The van der Waals surface area contributed by atoms with Crippen LogP contribution in [0.5, 0.6) is 0 Å². The van der Waals surface area contributed by atoms with E-state index in [1.165, 1.54) is 0 Å². The van der Waals surface area contributed by atoms with Gasteiger partial charge in [0.2, 0.25) is 0 Å². The molecule has 8 heteroatoms. The molecule has 84 valence electrons. The lowest BCUT2D eigenvalue weighted by Gasteiger charge is -2.26. The summed E-state index contributed by atoms with van der Waals surface area (Å²) in [7, 11) is 0. The Morgan fingerprint density at radius 2 is 1.21 bits per heavy atom. The molecule has 0 bridgehead atoms. The molecule has 1 N–H and O–H groups in total. The van der Waals surface area contributed by atoms with Gasteiger partial charge in [-0.05, 0) is 6.08 Å². The van der Waals surface area contributed by atoms with Crippen LogP contribution in [0.4, 0.5) is 30.7 Å². The van der Waals surface area contributed by atoms with Gasteiger partial charge in [-0.1, -0.05) is 6.08 Å². The molecule has 1 nitrogen and oxygen atoms in total. The van der Waals surface area contributed by atoms with Crippen molar-refractivity contribution in [2.45, 2.75) is 18.0 Å². The average Bonchev–Trinajstić information content (AvgIpc) is 1.95. The minimum Gasteiger partial charge on any atom is -0.392 e. The molecule has 0 saturated heterocycles. The second kappa shape index (κ2) is 3.76. The summed E-state index contributed by atoms with van der Waals surface area (Å²) in [6.45, 7) is -1.11. The van der Waals surface area contributed by atoms with Crippen molar-refractivity contribution in [2.75, 3.05) is 6.61 Å². The van der Waals surface area contributed by atoms with Crippen molar-refractivity contribution in [1.29, 1.82) is 0 Å². The zero-order valence-electron chi connectivity index (χ0n) is 6.45. The summed E-state index contributed by atoms with van der Waals surface area (Å²) in [6.07, 6.45) is -12.9. The van der Waals surface area contributed by atoms with Crippen molar-refractivity contribution >= 4 is 0 Å². The molecule has 0 unspecified atom stereocenters. The summed E-state index contributed by atoms with van der Waals surface area (Å²) in [5.74, 6) is 0. The Bertz CT molecular complexity index is 199. The highest BCUT2D eigenvalue weighted by atomic mass is 19.4. The lowest BCUT2D eigenvalue weighted by molar-refractivity contribution is -0.322. The van der Waals surface area contributed by atoms with E-state index in [1.54, 1.807) is 0 Å². The zero-order chi connectivity index (χ0) is 11.6. The van der Waals surface area contributed by atoms with Crippen LogP contribution in [0.3, 0.4) is 0 Å². The first kappa shape index (κ1) is 13.2. The second-order valence-electron chi connectivity index (χ2n) is 2.29. The normalized spacial score (nSPS) is 15.1. The van der Waals surface area contributed by atoms with Crippen LogP contribution in [-0.4, -0.2) is 29.7 Å². The molecule has 0 saturated carbocycles. The molecule has 0 atom stereocenters. The Kier molecular flexibility index (Phi) is 3.54. The Morgan fingerprint density at radius 3 is 1.43 bits per heavy atom. The quantitative estimate of drug-likeness (QED) is 0.566. The number of aliphatic hydroxyl groups is 1. The van der Waals surface area contributed by atoms with Crippen molar-refractivity contribution < 1.29 is 35.8 Å². The number of halogens is 7. The maximum Gasteiger partial charge on any atom is 0.435 e. The van der Waals surface area contributed by atoms with Crippen molar-refractivity contribution in [3.63, 3.8) is 0 Å². The minimum atomic E-state index is -6.10.